The fraction of sp³-hybridized carbons (Fsp3) is 0.500. The summed E-state index contributed by atoms with van der Waals surface area (Å²) in [6.07, 6.45) is -0.847. The Balaban J connectivity index is 3.14. The topological polar surface area (TPSA) is 3.88 Å². The maximum absolute atomic E-state index is 12.4. The molecule has 0 saturated heterocycles. The van der Waals surface area contributed by atoms with Crippen LogP contribution in [0.1, 0.15) is 31.2 Å². The number of hydrogen-bond donors (Lipinski definition) is 0. The molecule has 0 radical (unpaired) electrons. The van der Waals surface area contributed by atoms with Crippen molar-refractivity contribution in [2.45, 2.75) is 33.1 Å². The summed E-state index contributed by atoms with van der Waals surface area (Å²) >= 11 is 0. The van der Waals surface area contributed by atoms with Crippen LogP contribution in [0.4, 0.5) is 12.9 Å². The van der Waals surface area contributed by atoms with E-state index < -0.39 is 13.4 Å². The van der Waals surface area contributed by atoms with Crippen molar-refractivity contribution in [3.05, 3.63) is 29.6 Å². The Morgan fingerprint density at radius 1 is 1.27 bits per heavy atom. The molecule has 0 aliphatic carbocycles. The number of rotatable bonds is 3. The van der Waals surface area contributed by atoms with Crippen molar-refractivity contribution in [2.24, 2.45) is 0 Å². The normalized spacial score (nSPS) is 12.2. The second-order valence-corrected chi connectivity index (χ2v) is 4.07. The summed E-state index contributed by atoms with van der Waals surface area (Å²) in [6, 6.07) is 5.25. The van der Waals surface area contributed by atoms with E-state index in [1.807, 2.05) is 13.8 Å². The van der Waals surface area contributed by atoms with Gasteiger partial charge in [-0.2, -0.15) is 0 Å². The number of hydrogen-bond acceptors (Lipinski definition) is 0. The van der Waals surface area contributed by atoms with Gasteiger partial charge in [0.15, 0.2) is 11.4 Å². The van der Waals surface area contributed by atoms with Crippen LogP contribution in [0.25, 0.3) is 0 Å². The Bertz CT molecular complexity index is 347. The highest BCUT2D eigenvalue weighted by Gasteiger charge is 2.32. The van der Waals surface area contributed by atoms with E-state index in [1.165, 1.54) is 4.57 Å². The predicted octanol–water partition coefficient (Wildman–Crippen LogP) is 2.79. The van der Waals surface area contributed by atoms with Crippen LogP contribution in [-0.2, 0) is 6.44 Å². The number of nitrogens with zero attached hydrogens (tertiary/aromatic N) is 1. The third kappa shape index (κ3) is 3.25. The van der Waals surface area contributed by atoms with Gasteiger partial charge in [0, 0.05) is 25.0 Å². The molecule has 1 aromatic rings. The van der Waals surface area contributed by atoms with E-state index >= 15 is 0 Å². The van der Waals surface area contributed by atoms with Crippen molar-refractivity contribution >= 4 is 6.98 Å². The van der Waals surface area contributed by atoms with Crippen LogP contribution in [-0.4, -0.2) is 6.98 Å². The van der Waals surface area contributed by atoms with E-state index in [-0.39, 0.29) is 5.92 Å². The lowest BCUT2D eigenvalue weighted by Crippen LogP contribution is -2.49. The van der Waals surface area contributed by atoms with E-state index in [0.29, 0.717) is 5.69 Å². The molecule has 0 N–H and O–H groups in total. The summed E-state index contributed by atoms with van der Waals surface area (Å²) in [4.78, 5) is 0. The van der Waals surface area contributed by atoms with Crippen molar-refractivity contribution in [2.75, 3.05) is 0 Å². The Kier molecular flexibility index (Phi) is 3.42. The van der Waals surface area contributed by atoms with Gasteiger partial charge in [0.25, 0.3) is 0 Å². The average Bonchev–Trinajstić information content (AvgIpc) is 2.05. The van der Waals surface area contributed by atoms with Crippen molar-refractivity contribution in [1.29, 1.82) is 0 Å². The van der Waals surface area contributed by atoms with Crippen LogP contribution < -0.4 is 4.57 Å². The molecule has 0 atom stereocenters. The molecule has 1 heterocycles. The Morgan fingerprint density at radius 3 is 2.33 bits per heavy atom. The largest absolute Gasteiger partial charge is 0.542 e. The summed E-state index contributed by atoms with van der Waals surface area (Å²) in [5.41, 5.74) is 1.38. The standard InChI is InChI=1S/C10H15BF3N/c1-8(2)10-6-4-5-9(3)15(10)7-11(12,13)14/h4-6,8H,7H2,1-3H3. The fourth-order valence-electron chi connectivity index (χ4n) is 1.63. The molecule has 1 rings (SSSR count). The lowest BCUT2D eigenvalue weighted by atomic mass is 9.91. The molecular weight excluding hydrogens is 202 g/mol. The average molecular weight is 217 g/mol. The highest BCUT2D eigenvalue weighted by atomic mass is 19.4. The SMILES string of the molecule is Cc1cccc(C(C)C)[n+]1C[B-](F)(F)F. The Hall–Kier alpha value is -0.995. The number of aromatic nitrogens is 1. The number of halogens is 3. The molecule has 0 fully saturated rings. The first kappa shape index (κ1) is 12.1. The van der Waals surface area contributed by atoms with Crippen LogP contribution in [0.15, 0.2) is 18.2 Å². The fourth-order valence-corrected chi connectivity index (χ4v) is 1.63. The van der Waals surface area contributed by atoms with Crippen LogP contribution in [0.3, 0.4) is 0 Å². The highest BCUT2D eigenvalue weighted by Crippen LogP contribution is 2.14. The zero-order valence-corrected chi connectivity index (χ0v) is 9.17. The summed E-state index contributed by atoms with van der Waals surface area (Å²) < 4.78 is 38.6. The van der Waals surface area contributed by atoms with Crippen molar-refractivity contribution in [3.8, 4) is 0 Å². The molecule has 84 valence electrons. The Labute approximate surface area is 88.0 Å². The zero-order chi connectivity index (χ0) is 11.6. The van der Waals surface area contributed by atoms with Crippen LogP contribution in [0, 0.1) is 6.92 Å². The zero-order valence-electron chi connectivity index (χ0n) is 9.17. The Morgan fingerprint density at radius 2 is 1.87 bits per heavy atom. The first-order chi connectivity index (χ1) is 6.81. The molecular formula is C10H15BF3N. The van der Waals surface area contributed by atoms with Gasteiger partial charge in [-0.1, -0.05) is 13.8 Å². The van der Waals surface area contributed by atoms with Crippen LogP contribution in [0.2, 0.25) is 0 Å². The first-order valence-electron chi connectivity index (χ1n) is 5.01. The molecule has 1 aromatic heterocycles. The van der Waals surface area contributed by atoms with Crippen LogP contribution in [0.5, 0.6) is 0 Å². The minimum atomic E-state index is -4.79. The molecule has 0 saturated carbocycles. The van der Waals surface area contributed by atoms with E-state index in [0.717, 1.165) is 5.69 Å². The van der Waals surface area contributed by atoms with Crippen molar-refractivity contribution in [1.82, 2.24) is 0 Å². The van der Waals surface area contributed by atoms with Crippen molar-refractivity contribution < 1.29 is 17.5 Å². The van der Waals surface area contributed by atoms with Gasteiger partial charge in [-0.15, -0.1) is 0 Å². The third-order valence-corrected chi connectivity index (χ3v) is 2.32. The number of pyridine rings is 1. The smallest absolute Gasteiger partial charge is 0.445 e. The van der Waals surface area contributed by atoms with Gasteiger partial charge in [-0.05, 0) is 6.07 Å². The lowest BCUT2D eigenvalue weighted by Gasteiger charge is -2.15. The minimum absolute atomic E-state index is 0.100. The molecule has 0 spiro atoms. The molecule has 15 heavy (non-hydrogen) atoms. The molecule has 0 amide bonds. The number of aryl methyl sites for hydroxylation is 1. The summed E-state index contributed by atoms with van der Waals surface area (Å²) in [7, 11) is 0. The molecule has 1 nitrogen and oxygen atoms in total. The summed E-state index contributed by atoms with van der Waals surface area (Å²) in [6.45, 7) is 0.711. The van der Waals surface area contributed by atoms with Gasteiger partial charge in [0.05, 0.1) is 0 Å². The van der Waals surface area contributed by atoms with E-state index in [2.05, 4.69) is 0 Å². The van der Waals surface area contributed by atoms with Gasteiger partial charge < -0.3 is 12.9 Å². The molecule has 0 aromatic carbocycles. The molecule has 5 heteroatoms. The maximum atomic E-state index is 12.4. The summed E-state index contributed by atoms with van der Waals surface area (Å²) in [5, 5.41) is 0. The van der Waals surface area contributed by atoms with Gasteiger partial charge in [-0.3, -0.25) is 0 Å². The minimum Gasteiger partial charge on any atom is -0.445 e. The van der Waals surface area contributed by atoms with E-state index in [1.54, 1.807) is 25.1 Å². The molecule has 0 aliphatic heterocycles. The second kappa shape index (κ2) is 4.25. The third-order valence-electron chi connectivity index (χ3n) is 2.32. The monoisotopic (exact) mass is 217 g/mol. The quantitative estimate of drug-likeness (QED) is 0.541. The van der Waals surface area contributed by atoms with Gasteiger partial charge in [-0.25, -0.2) is 4.57 Å². The molecule has 0 aliphatic rings. The van der Waals surface area contributed by atoms with Gasteiger partial charge >= 0.3 is 6.98 Å². The second-order valence-electron chi connectivity index (χ2n) is 4.07. The lowest BCUT2D eigenvalue weighted by molar-refractivity contribution is -0.698. The van der Waals surface area contributed by atoms with E-state index in [4.69, 9.17) is 0 Å². The van der Waals surface area contributed by atoms with Crippen molar-refractivity contribution in [3.63, 3.8) is 0 Å². The summed E-state index contributed by atoms with van der Waals surface area (Å²) in [5.74, 6) is 0.100. The van der Waals surface area contributed by atoms with Crippen LogP contribution >= 0.6 is 0 Å². The highest BCUT2D eigenvalue weighted by molar-refractivity contribution is 6.56. The predicted molar refractivity (Wildman–Crippen MR) is 54.5 cm³/mol. The van der Waals surface area contributed by atoms with Gasteiger partial charge in [0.2, 0.25) is 0 Å². The van der Waals surface area contributed by atoms with E-state index in [9.17, 15) is 12.9 Å². The first-order valence-corrected chi connectivity index (χ1v) is 5.01. The maximum Gasteiger partial charge on any atom is 0.542 e. The molecule has 0 unspecified atom stereocenters. The molecule has 0 bridgehead atoms. The van der Waals surface area contributed by atoms with Gasteiger partial charge in [0.1, 0.15) is 6.44 Å².